The van der Waals surface area contributed by atoms with Crippen LogP contribution in [0.5, 0.6) is 0 Å². The van der Waals surface area contributed by atoms with Gasteiger partial charge in [-0.15, -0.1) is 6.58 Å². The number of carbonyl (C=O) groups is 2. The summed E-state index contributed by atoms with van der Waals surface area (Å²) in [5, 5.41) is 2.55. The van der Waals surface area contributed by atoms with Crippen LogP contribution in [-0.4, -0.2) is 28.4 Å². The lowest BCUT2D eigenvalue weighted by Gasteiger charge is -2.27. The highest BCUT2D eigenvalue weighted by atomic mass is 32.1. The summed E-state index contributed by atoms with van der Waals surface area (Å²) in [4.78, 5) is 25.1. The monoisotopic (exact) mass is 262 g/mol. The Kier molecular flexibility index (Phi) is 3.38. The summed E-state index contributed by atoms with van der Waals surface area (Å²) < 4.78 is 4.88. The summed E-state index contributed by atoms with van der Waals surface area (Å²) in [5.74, 6) is -0.948. The van der Waals surface area contributed by atoms with Crippen LogP contribution in [0.15, 0.2) is 41.2 Å². The van der Waals surface area contributed by atoms with Crippen molar-refractivity contribution in [3.8, 4) is 0 Å². The van der Waals surface area contributed by atoms with Crippen LogP contribution in [0.1, 0.15) is 5.56 Å². The summed E-state index contributed by atoms with van der Waals surface area (Å²) in [6, 6.07) is 1.65. The molecule has 1 saturated heterocycles. The van der Waals surface area contributed by atoms with Gasteiger partial charge < -0.3 is 4.42 Å². The van der Waals surface area contributed by atoms with Crippen LogP contribution < -0.4 is 5.32 Å². The van der Waals surface area contributed by atoms with Gasteiger partial charge >= 0.3 is 0 Å². The zero-order valence-corrected chi connectivity index (χ0v) is 10.2. The van der Waals surface area contributed by atoms with Gasteiger partial charge in [-0.3, -0.25) is 19.8 Å². The van der Waals surface area contributed by atoms with Gasteiger partial charge in [-0.05, 0) is 24.4 Å². The SMILES string of the molecule is C=CCN1C(=O)C(=Cc2ccoc2)C(=O)NC1=S. The van der Waals surface area contributed by atoms with E-state index in [9.17, 15) is 9.59 Å². The fourth-order valence-electron chi connectivity index (χ4n) is 1.51. The Bertz CT molecular complexity index is 546. The molecule has 0 aromatic carbocycles. The van der Waals surface area contributed by atoms with Crippen LogP contribution in [0.2, 0.25) is 0 Å². The van der Waals surface area contributed by atoms with Gasteiger partial charge in [-0.25, -0.2) is 0 Å². The van der Waals surface area contributed by atoms with Crippen LogP contribution in [0.25, 0.3) is 6.08 Å². The van der Waals surface area contributed by atoms with E-state index in [2.05, 4.69) is 11.9 Å². The molecule has 5 nitrogen and oxygen atoms in total. The molecule has 18 heavy (non-hydrogen) atoms. The summed E-state index contributed by atoms with van der Waals surface area (Å²) in [6.45, 7) is 3.79. The Morgan fingerprint density at radius 1 is 1.50 bits per heavy atom. The first-order valence-electron chi connectivity index (χ1n) is 5.15. The topological polar surface area (TPSA) is 62.6 Å². The maximum Gasteiger partial charge on any atom is 0.265 e. The summed E-state index contributed by atoms with van der Waals surface area (Å²) >= 11 is 4.93. The number of furan rings is 1. The fraction of sp³-hybridized carbons (Fsp3) is 0.0833. The average Bonchev–Trinajstić information content (AvgIpc) is 2.83. The molecule has 0 saturated carbocycles. The van der Waals surface area contributed by atoms with Crippen molar-refractivity contribution in [3.05, 3.63) is 42.4 Å². The summed E-state index contributed by atoms with van der Waals surface area (Å²) in [7, 11) is 0. The number of hydrogen-bond acceptors (Lipinski definition) is 4. The highest BCUT2D eigenvalue weighted by Crippen LogP contribution is 2.14. The van der Waals surface area contributed by atoms with Gasteiger partial charge in [0, 0.05) is 12.1 Å². The Hall–Kier alpha value is -2.21. The highest BCUT2D eigenvalue weighted by molar-refractivity contribution is 7.80. The molecule has 0 radical (unpaired) electrons. The first-order valence-corrected chi connectivity index (χ1v) is 5.56. The van der Waals surface area contributed by atoms with Crippen molar-refractivity contribution in [1.82, 2.24) is 10.2 Å². The Morgan fingerprint density at radius 3 is 2.89 bits per heavy atom. The van der Waals surface area contributed by atoms with E-state index < -0.39 is 11.8 Å². The Balaban J connectivity index is 2.35. The largest absolute Gasteiger partial charge is 0.472 e. The fourth-order valence-corrected chi connectivity index (χ4v) is 1.76. The van der Waals surface area contributed by atoms with Crippen molar-refractivity contribution in [1.29, 1.82) is 0 Å². The zero-order chi connectivity index (χ0) is 13.1. The van der Waals surface area contributed by atoms with E-state index in [-0.39, 0.29) is 17.2 Å². The lowest BCUT2D eigenvalue weighted by molar-refractivity contribution is -0.128. The Morgan fingerprint density at radius 2 is 2.28 bits per heavy atom. The van der Waals surface area contributed by atoms with Gasteiger partial charge in [0.2, 0.25) is 0 Å². The molecule has 1 aliphatic heterocycles. The van der Waals surface area contributed by atoms with Crippen LogP contribution in [-0.2, 0) is 9.59 Å². The number of thiocarbonyl (C=S) groups is 1. The number of rotatable bonds is 3. The normalized spacial score (nSPS) is 18.1. The molecule has 92 valence electrons. The molecule has 2 heterocycles. The van der Waals surface area contributed by atoms with Gasteiger partial charge in [0.25, 0.3) is 11.8 Å². The Labute approximate surface area is 109 Å². The van der Waals surface area contributed by atoms with Crippen LogP contribution in [0.4, 0.5) is 0 Å². The second-order valence-corrected chi connectivity index (χ2v) is 3.97. The molecule has 2 rings (SSSR count). The van der Waals surface area contributed by atoms with Crippen molar-refractivity contribution in [3.63, 3.8) is 0 Å². The number of carbonyl (C=O) groups excluding carboxylic acids is 2. The second-order valence-electron chi connectivity index (χ2n) is 3.58. The minimum atomic E-state index is -0.508. The molecule has 1 fully saturated rings. The van der Waals surface area contributed by atoms with E-state index in [1.165, 1.54) is 29.6 Å². The third kappa shape index (κ3) is 2.23. The van der Waals surface area contributed by atoms with Crippen LogP contribution in [0, 0.1) is 0 Å². The molecule has 1 aromatic rings. The van der Waals surface area contributed by atoms with Crippen LogP contribution in [0.3, 0.4) is 0 Å². The molecule has 0 unspecified atom stereocenters. The van der Waals surface area contributed by atoms with Gasteiger partial charge in [0.15, 0.2) is 5.11 Å². The van der Waals surface area contributed by atoms with E-state index in [1.54, 1.807) is 6.07 Å². The minimum absolute atomic E-state index is 0.0202. The van der Waals surface area contributed by atoms with Gasteiger partial charge in [0.1, 0.15) is 5.57 Å². The lowest BCUT2D eigenvalue weighted by atomic mass is 10.1. The molecule has 0 spiro atoms. The molecule has 1 N–H and O–H groups in total. The number of hydrogen-bond donors (Lipinski definition) is 1. The van der Waals surface area contributed by atoms with E-state index in [4.69, 9.17) is 16.6 Å². The second kappa shape index (κ2) is 4.97. The van der Waals surface area contributed by atoms with E-state index >= 15 is 0 Å². The molecule has 6 heteroatoms. The van der Waals surface area contributed by atoms with Gasteiger partial charge in [-0.2, -0.15) is 0 Å². The standard InChI is InChI=1S/C12H10N2O3S/c1-2-4-14-11(16)9(10(15)13-12(14)18)6-8-3-5-17-7-8/h2-3,5-7H,1,4H2,(H,13,15,18). The molecule has 0 bridgehead atoms. The predicted molar refractivity (Wildman–Crippen MR) is 69.3 cm³/mol. The van der Waals surface area contributed by atoms with Gasteiger partial charge in [-0.1, -0.05) is 6.08 Å². The van der Waals surface area contributed by atoms with Gasteiger partial charge in [0.05, 0.1) is 12.5 Å². The first-order chi connectivity index (χ1) is 8.63. The van der Waals surface area contributed by atoms with Crippen LogP contribution >= 0.6 is 12.2 Å². The zero-order valence-electron chi connectivity index (χ0n) is 9.38. The summed E-state index contributed by atoms with van der Waals surface area (Å²) in [6.07, 6.45) is 5.90. The third-order valence-corrected chi connectivity index (χ3v) is 2.67. The van der Waals surface area contributed by atoms with Crippen molar-refractivity contribution in [2.45, 2.75) is 0 Å². The van der Waals surface area contributed by atoms with Crippen molar-refractivity contribution < 1.29 is 14.0 Å². The quantitative estimate of drug-likeness (QED) is 0.383. The minimum Gasteiger partial charge on any atom is -0.472 e. The number of amides is 2. The lowest BCUT2D eigenvalue weighted by Crippen LogP contribution is -2.53. The first kappa shape index (κ1) is 12.3. The number of nitrogens with one attached hydrogen (secondary N) is 1. The van der Waals surface area contributed by atoms with E-state index in [0.29, 0.717) is 5.56 Å². The van der Waals surface area contributed by atoms with Crippen molar-refractivity contribution >= 4 is 35.2 Å². The smallest absolute Gasteiger partial charge is 0.265 e. The maximum atomic E-state index is 12.1. The van der Waals surface area contributed by atoms with E-state index in [0.717, 1.165) is 0 Å². The molecule has 2 amide bonds. The molecule has 0 aliphatic carbocycles. The van der Waals surface area contributed by atoms with Crippen molar-refractivity contribution in [2.24, 2.45) is 0 Å². The number of nitrogens with zero attached hydrogens (tertiary/aromatic N) is 1. The average molecular weight is 262 g/mol. The predicted octanol–water partition coefficient (Wildman–Crippen LogP) is 1.09. The molecular weight excluding hydrogens is 252 g/mol. The summed E-state index contributed by atoms with van der Waals surface area (Å²) in [5.41, 5.74) is 0.659. The molecule has 1 aliphatic rings. The van der Waals surface area contributed by atoms with E-state index in [1.807, 2.05) is 0 Å². The molecular formula is C12H10N2O3S. The molecule has 1 aromatic heterocycles. The van der Waals surface area contributed by atoms with Crippen molar-refractivity contribution in [2.75, 3.05) is 6.54 Å². The maximum absolute atomic E-state index is 12.1. The highest BCUT2D eigenvalue weighted by Gasteiger charge is 2.32. The molecule has 0 atom stereocenters. The third-order valence-electron chi connectivity index (χ3n) is 2.35.